The Hall–Kier alpha value is 0.0738. The molecule has 0 saturated carbocycles. The van der Waals surface area contributed by atoms with Crippen molar-refractivity contribution in [1.82, 2.24) is 9.80 Å². The molecule has 0 amide bonds. The van der Waals surface area contributed by atoms with Crippen LogP contribution in [-0.2, 0) is 9.47 Å². The Balaban J connectivity index is 0.00000256. The highest BCUT2D eigenvalue weighted by molar-refractivity contribution is 6.91. The van der Waals surface area contributed by atoms with Gasteiger partial charge in [0.25, 0.3) is 0 Å². The van der Waals surface area contributed by atoms with Crippen LogP contribution >= 0.6 is 24.8 Å². The molecule has 8 heteroatoms. The van der Waals surface area contributed by atoms with Crippen molar-refractivity contribution in [2.45, 2.75) is 51.1 Å². The Morgan fingerprint density at radius 3 is 1.25 bits per heavy atom. The van der Waals surface area contributed by atoms with Crippen molar-refractivity contribution in [3.05, 3.63) is 24.3 Å². The van der Waals surface area contributed by atoms with E-state index in [9.17, 15) is 0 Å². The van der Waals surface area contributed by atoms with E-state index in [-0.39, 0.29) is 24.8 Å². The number of hydrogen-bond donors (Lipinski definition) is 0. The molecule has 0 atom stereocenters. The number of ether oxygens (including phenoxy) is 2. The monoisotopic (exact) mass is 520 g/mol. The normalized spacial score (nSPS) is 18.6. The average molecular weight is 522 g/mol. The second kappa shape index (κ2) is 14.5. The Bertz CT molecular complexity index is 580. The first-order chi connectivity index (χ1) is 14.4. The minimum Gasteiger partial charge on any atom is -0.379 e. The average Bonchev–Trinajstić information content (AvgIpc) is 2.75. The van der Waals surface area contributed by atoms with E-state index in [1.165, 1.54) is 38.0 Å². The summed E-state index contributed by atoms with van der Waals surface area (Å²) in [6, 6.07) is 12.7. The topological polar surface area (TPSA) is 24.9 Å². The lowest BCUT2D eigenvalue weighted by atomic mass is 10.3. The van der Waals surface area contributed by atoms with Crippen molar-refractivity contribution in [3.8, 4) is 0 Å². The first-order valence-corrected chi connectivity index (χ1v) is 18.5. The van der Waals surface area contributed by atoms with E-state index >= 15 is 0 Å². The lowest BCUT2D eigenvalue weighted by molar-refractivity contribution is 0.0379. The van der Waals surface area contributed by atoms with Gasteiger partial charge in [-0.3, -0.25) is 9.80 Å². The molecule has 0 N–H and O–H groups in total. The third-order valence-electron chi connectivity index (χ3n) is 7.21. The summed E-state index contributed by atoms with van der Waals surface area (Å²) in [5, 5.41) is 3.26. The fraction of sp³-hybridized carbons (Fsp3) is 0.750. The maximum Gasteiger partial charge on any atom is 0.0806 e. The number of rotatable bonds is 10. The van der Waals surface area contributed by atoms with Gasteiger partial charge in [0, 0.05) is 26.2 Å². The Morgan fingerprint density at radius 2 is 0.938 bits per heavy atom. The molecular formula is C24H46Cl2N2O2Si2. The Morgan fingerprint density at radius 1 is 0.625 bits per heavy atom. The SMILES string of the molecule is C[Si](C)(CCCN1CCOCC1)c1ccc([Si](C)(C)CCCN2CCOCC2)cc1.Cl.Cl. The molecule has 0 aliphatic carbocycles. The maximum atomic E-state index is 5.47. The van der Waals surface area contributed by atoms with Gasteiger partial charge in [-0.05, 0) is 25.9 Å². The molecule has 1 aromatic rings. The number of hydrogen-bond acceptors (Lipinski definition) is 4. The van der Waals surface area contributed by atoms with Gasteiger partial charge in [0.2, 0.25) is 0 Å². The number of nitrogens with zero attached hydrogens (tertiary/aromatic N) is 2. The van der Waals surface area contributed by atoms with E-state index < -0.39 is 16.1 Å². The van der Waals surface area contributed by atoms with Crippen molar-refractivity contribution < 1.29 is 9.47 Å². The second-order valence-electron chi connectivity index (χ2n) is 10.5. The van der Waals surface area contributed by atoms with Gasteiger partial charge in [-0.25, -0.2) is 0 Å². The molecule has 2 fully saturated rings. The van der Waals surface area contributed by atoms with E-state index in [0.717, 1.165) is 52.6 Å². The zero-order valence-electron chi connectivity index (χ0n) is 20.7. The van der Waals surface area contributed by atoms with Crippen LogP contribution in [0.15, 0.2) is 24.3 Å². The molecule has 0 unspecified atom stereocenters. The van der Waals surface area contributed by atoms with E-state index in [0.29, 0.717) is 0 Å². The highest BCUT2D eigenvalue weighted by atomic mass is 35.5. The van der Waals surface area contributed by atoms with Gasteiger partial charge < -0.3 is 9.47 Å². The van der Waals surface area contributed by atoms with Gasteiger partial charge in [-0.1, -0.05) is 72.9 Å². The molecule has 0 spiro atoms. The number of morpholine rings is 2. The molecule has 32 heavy (non-hydrogen) atoms. The fourth-order valence-corrected chi connectivity index (χ4v) is 9.60. The fourth-order valence-electron chi connectivity index (χ4n) is 4.80. The van der Waals surface area contributed by atoms with Crippen LogP contribution in [0, 0.1) is 0 Å². The van der Waals surface area contributed by atoms with Gasteiger partial charge in [-0.15, -0.1) is 24.8 Å². The van der Waals surface area contributed by atoms with Gasteiger partial charge in [0.05, 0.1) is 42.6 Å². The van der Waals surface area contributed by atoms with Crippen LogP contribution in [-0.4, -0.2) is 91.6 Å². The Labute approximate surface area is 211 Å². The molecule has 186 valence electrons. The minimum atomic E-state index is -1.35. The summed E-state index contributed by atoms with van der Waals surface area (Å²) >= 11 is 0. The first-order valence-electron chi connectivity index (χ1n) is 12.1. The summed E-state index contributed by atoms with van der Waals surface area (Å²) in [6.07, 6.45) is 2.64. The standard InChI is InChI=1S/C24H44N2O2Si2.2ClH/c1-29(2,21-5-11-25-13-17-27-18-14-25)23-7-9-24(10-8-23)30(3,4)22-6-12-26-15-19-28-20-16-26;;/h7-10H,5-6,11-22H2,1-4H3;2*1H. The summed E-state index contributed by atoms with van der Waals surface area (Å²) in [7, 11) is -2.71. The van der Waals surface area contributed by atoms with E-state index in [1.807, 2.05) is 0 Å². The summed E-state index contributed by atoms with van der Waals surface area (Å²) < 4.78 is 10.9. The predicted molar refractivity (Wildman–Crippen MR) is 149 cm³/mol. The first kappa shape index (κ1) is 30.1. The minimum absolute atomic E-state index is 0. The van der Waals surface area contributed by atoms with Gasteiger partial charge in [-0.2, -0.15) is 0 Å². The molecule has 4 nitrogen and oxygen atoms in total. The molecule has 0 radical (unpaired) electrons. The Kier molecular flexibility index (Phi) is 13.6. The molecule has 2 aliphatic heterocycles. The molecular weight excluding hydrogens is 475 g/mol. The number of benzene rings is 1. The molecule has 1 aromatic carbocycles. The molecule has 3 rings (SSSR count). The van der Waals surface area contributed by atoms with E-state index in [1.54, 1.807) is 10.4 Å². The highest BCUT2D eigenvalue weighted by Crippen LogP contribution is 2.16. The van der Waals surface area contributed by atoms with Gasteiger partial charge in [0.15, 0.2) is 0 Å². The smallest absolute Gasteiger partial charge is 0.0806 e. The summed E-state index contributed by atoms with van der Waals surface area (Å²) in [4.78, 5) is 5.14. The lowest BCUT2D eigenvalue weighted by Gasteiger charge is -2.30. The number of halogens is 2. The van der Waals surface area contributed by atoms with Crippen LogP contribution < -0.4 is 10.4 Å². The van der Waals surface area contributed by atoms with E-state index in [2.05, 4.69) is 60.3 Å². The summed E-state index contributed by atoms with van der Waals surface area (Å²) in [5.41, 5.74) is 0. The lowest BCUT2D eigenvalue weighted by Crippen LogP contribution is -2.46. The van der Waals surface area contributed by atoms with Crippen molar-refractivity contribution in [1.29, 1.82) is 0 Å². The zero-order valence-corrected chi connectivity index (χ0v) is 24.4. The van der Waals surface area contributed by atoms with Crippen LogP contribution in [0.4, 0.5) is 0 Å². The van der Waals surface area contributed by atoms with Gasteiger partial charge in [0.1, 0.15) is 0 Å². The van der Waals surface area contributed by atoms with Crippen molar-refractivity contribution in [2.24, 2.45) is 0 Å². The van der Waals surface area contributed by atoms with Crippen LogP contribution in [0.1, 0.15) is 12.8 Å². The van der Waals surface area contributed by atoms with Crippen LogP contribution in [0.3, 0.4) is 0 Å². The van der Waals surface area contributed by atoms with Crippen molar-refractivity contribution >= 4 is 51.3 Å². The summed E-state index contributed by atoms with van der Waals surface area (Å²) in [5.74, 6) is 0. The second-order valence-corrected chi connectivity index (χ2v) is 20.2. The van der Waals surface area contributed by atoms with Crippen LogP contribution in [0.25, 0.3) is 0 Å². The quantitative estimate of drug-likeness (QED) is 0.438. The molecule has 2 aliphatic rings. The largest absolute Gasteiger partial charge is 0.379 e. The predicted octanol–water partition coefficient (Wildman–Crippen LogP) is 3.81. The van der Waals surface area contributed by atoms with Gasteiger partial charge >= 0.3 is 0 Å². The van der Waals surface area contributed by atoms with Crippen LogP contribution in [0.5, 0.6) is 0 Å². The third-order valence-corrected chi connectivity index (χ3v) is 14.2. The van der Waals surface area contributed by atoms with Crippen molar-refractivity contribution in [2.75, 3.05) is 65.7 Å². The van der Waals surface area contributed by atoms with Crippen molar-refractivity contribution in [3.63, 3.8) is 0 Å². The maximum absolute atomic E-state index is 5.47. The third kappa shape index (κ3) is 9.37. The zero-order chi connectivity index (χ0) is 21.5. The highest BCUT2D eigenvalue weighted by Gasteiger charge is 2.27. The van der Waals surface area contributed by atoms with E-state index in [4.69, 9.17) is 9.47 Å². The molecule has 0 bridgehead atoms. The van der Waals surface area contributed by atoms with Crippen LogP contribution in [0.2, 0.25) is 38.3 Å². The molecule has 2 saturated heterocycles. The summed E-state index contributed by atoms with van der Waals surface area (Å²) in [6.45, 7) is 20.8. The molecule has 2 heterocycles. The molecule has 0 aromatic heterocycles.